The summed E-state index contributed by atoms with van der Waals surface area (Å²) in [7, 11) is 0. The first kappa shape index (κ1) is 28.5. The van der Waals surface area contributed by atoms with Gasteiger partial charge >= 0.3 is 0 Å². The lowest BCUT2D eigenvalue weighted by molar-refractivity contribution is 0.780. The lowest BCUT2D eigenvalue weighted by Gasteiger charge is -2.21. The second-order valence-corrected chi connectivity index (χ2v) is 18.6. The molecule has 4 heteroatoms. The van der Waals surface area contributed by atoms with Crippen molar-refractivity contribution in [2.75, 3.05) is 0 Å². The number of fused-ring (bicyclic) bond motifs is 14. The van der Waals surface area contributed by atoms with Crippen molar-refractivity contribution in [2.24, 2.45) is 5.92 Å². The third-order valence-corrected chi connectivity index (χ3v) is 16.2. The minimum atomic E-state index is 0.545. The molecular formula is C46H30S4. The summed E-state index contributed by atoms with van der Waals surface area (Å²) in [6, 6.07) is 32.8. The summed E-state index contributed by atoms with van der Waals surface area (Å²) < 4.78 is 6.95. The van der Waals surface area contributed by atoms with Gasteiger partial charge in [0.1, 0.15) is 0 Å². The molecule has 1 aliphatic heterocycles. The number of benzene rings is 5. The maximum atomic E-state index is 2.50. The Morgan fingerprint density at radius 3 is 2.30 bits per heavy atom. The zero-order chi connectivity index (χ0) is 32.5. The van der Waals surface area contributed by atoms with E-state index in [1.165, 1.54) is 107 Å². The van der Waals surface area contributed by atoms with E-state index in [1.54, 1.807) is 15.4 Å². The number of hydrogen-bond donors (Lipinski definition) is 0. The average molecular weight is 711 g/mol. The molecule has 0 amide bonds. The van der Waals surface area contributed by atoms with Crippen LogP contribution in [-0.2, 0) is 6.42 Å². The molecule has 4 aliphatic rings. The van der Waals surface area contributed by atoms with Crippen molar-refractivity contribution in [2.45, 2.75) is 32.1 Å². The third-order valence-electron chi connectivity index (χ3n) is 11.5. The normalized spacial score (nSPS) is 18.7. The van der Waals surface area contributed by atoms with Crippen molar-refractivity contribution in [3.05, 3.63) is 146 Å². The first-order valence-electron chi connectivity index (χ1n) is 17.7. The summed E-state index contributed by atoms with van der Waals surface area (Å²) >= 11 is 7.86. The molecule has 0 N–H and O–H groups in total. The van der Waals surface area contributed by atoms with Crippen LogP contribution >= 0.6 is 45.8 Å². The van der Waals surface area contributed by atoms with Gasteiger partial charge in [0, 0.05) is 61.2 Å². The molecule has 1 unspecified atom stereocenters. The monoisotopic (exact) mass is 710 g/mol. The van der Waals surface area contributed by atoms with E-state index in [9.17, 15) is 0 Å². The number of thioether (sulfide) groups is 1. The number of thiophene rings is 3. The molecule has 0 saturated carbocycles. The van der Waals surface area contributed by atoms with Crippen LogP contribution in [0, 0.1) is 5.92 Å². The van der Waals surface area contributed by atoms with Gasteiger partial charge in [0.2, 0.25) is 0 Å². The van der Waals surface area contributed by atoms with Crippen molar-refractivity contribution in [1.82, 2.24) is 0 Å². The number of aryl methyl sites for hydroxylation is 1. The van der Waals surface area contributed by atoms with Gasteiger partial charge in [-0.3, -0.25) is 0 Å². The van der Waals surface area contributed by atoms with Crippen LogP contribution < -0.4 is 0 Å². The van der Waals surface area contributed by atoms with Gasteiger partial charge in [-0.05, 0) is 129 Å². The van der Waals surface area contributed by atoms with Gasteiger partial charge in [0.05, 0.1) is 0 Å². The van der Waals surface area contributed by atoms with E-state index < -0.39 is 0 Å². The molecule has 3 aliphatic carbocycles. The quantitative estimate of drug-likeness (QED) is 0.172. The minimum absolute atomic E-state index is 0.545. The van der Waals surface area contributed by atoms with Crippen LogP contribution in [0.4, 0.5) is 0 Å². The van der Waals surface area contributed by atoms with Crippen LogP contribution in [0.5, 0.6) is 0 Å². The molecule has 1 atom stereocenters. The van der Waals surface area contributed by atoms with Crippen molar-refractivity contribution >= 4 is 124 Å². The zero-order valence-electron chi connectivity index (χ0n) is 27.2. The standard InChI is InChI=1S/C46H30S4/c1-3-7-37-29(5-1)35-21-25(11-17-39(35)47-37)27-9-13-33-43(23-27)49-41-19-15-32-31(45(33)41)16-20-42-46(32)34-14-10-28(24-44(34)50-42)26-12-18-40-36(22-26)30-6-2-4-8-38(30)48-40/h1-3,5-7,10-12,14-21,23-24,36H,4,8-9,13,22H2. The molecule has 8 aromatic rings. The molecule has 0 nitrogen and oxygen atoms in total. The number of rotatable bonds is 2. The fraction of sp³-hybridized carbons (Fsp3) is 0.130. The molecule has 0 saturated heterocycles. The summed E-state index contributed by atoms with van der Waals surface area (Å²) in [5, 5.41) is 9.87. The van der Waals surface area contributed by atoms with E-state index in [-0.39, 0.29) is 0 Å². The van der Waals surface area contributed by atoms with Crippen molar-refractivity contribution in [3.8, 4) is 0 Å². The summed E-state index contributed by atoms with van der Waals surface area (Å²) in [5.41, 5.74) is 8.80. The summed E-state index contributed by atoms with van der Waals surface area (Å²) in [4.78, 5) is 4.59. The van der Waals surface area contributed by atoms with Gasteiger partial charge in [-0.2, -0.15) is 0 Å². The number of hydrogen-bond acceptors (Lipinski definition) is 4. The predicted molar refractivity (Wildman–Crippen MR) is 225 cm³/mol. The molecular weight excluding hydrogens is 681 g/mol. The first-order chi connectivity index (χ1) is 24.7. The molecule has 12 rings (SSSR count). The highest BCUT2D eigenvalue weighted by Gasteiger charge is 2.32. The van der Waals surface area contributed by atoms with Crippen LogP contribution in [0.3, 0.4) is 0 Å². The fourth-order valence-corrected chi connectivity index (χ4v) is 13.9. The molecule has 50 heavy (non-hydrogen) atoms. The Hall–Kier alpha value is -4.19. The molecule has 5 aromatic carbocycles. The van der Waals surface area contributed by atoms with Gasteiger partial charge < -0.3 is 0 Å². The minimum Gasteiger partial charge on any atom is -0.136 e. The van der Waals surface area contributed by atoms with Gasteiger partial charge in [-0.25, -0.2) is 0 Å². The van der Waals surface area contributed by atoms with Gasteiger partial charge in [0.15, 0.2) is 0 Å². The Kier molecular flexibility index (Phi) is 6.08. The Morgan fingerprint density at radius 1 is 0.560 bits per heavy atom. The maximum absolute atomic E-state index is 2.50. The van der Waals surface area contributed by atoms with Gasteiger partial charge in [-0.1, -0.05) is 84.6 Å². The topological polar surface area (TPSA) is 0 Å². The first-order valence-corrected chi connectivity index (χ1v) is 20.9. The highest BCUT2D eigenvalue weighted by atomic mass is 32.2. The SMILES string of the molecule is C1=CC2=C(CC1)SC1=CC=C(c3ccc4c(c3)sc3ccc5c(ccc6sc7c(c65)CCC(c5ccc6sc8ccccc8c6c5)=C7)c34)CC12. The Morgan fingerprint density at radius 2 is 1.34 bits per heavy atom. The van der Waals surface area contributed by atoms with Crippen LogP contribution in [0.15, 0.2) is 125 Å². The van der Waals surface area contributed by atoms with Gasteiger partial charge in [-0.15, -0.1) is 34.0 Å². The summed E-state index contributed by atoms with van der Waals surface area (Å²) in [5.74, 6) is 0.545. The zero-order valence-corrected chi connectivity index (χ0v) is 30.5. The molecule has 3 aromatic heterocycles. The summed E-state index contributed by atoms with van der Waals surface area (Å²) in [6.45, 7) is 0. The van der Waals surface area contributed by atoms with Crippen molar-refractivity contribution in [1.29, 1.82) is 0 Å². The van der Waals surface area contributed by atoms with E-state index in [2.05, 4.69) is 115 Å². The number of allylic oxidation sites excluding steroid dienone is 9. The Labute approximate surface area is 306 Å². The Bertz CT molecular complexity index is 2980. The van der Waals surface area contributed by atoms with E-state index >= 15 is 0 Å². The average Bonchev–Trinajstić information content (AvgIpc) is 3.93. The predicted octanol–water partition coefficient (Wildman–Crippen LogP) is 14.9. The van der Waals surface area contributed by atoms with E-state index in [0.717, 1.165) is 19.3 Å². The van der Waals surface area contributed by atoms with Gasteiger partial charge in [0.25, 0.3) is 0 Å². The Balaban J connectivity index is 0.939. The van der Waals surface area contributed by atoms with E-state index in [0.29, 0.717) is 5.92 Å². The smallest absolute Gasteiger partial charge is 0.0361 e. The third kappa shape index (κ3) is 4.11. The lowest BCUT2D eigenvalue weighted by Crippen LogP contribution is -2.06. The van der Waals surface area contributed by atoms with Crippen LogP contribution in [0.1, 0.15) is 47.3 Å². The largest absolute Gasteiger partial charge is 0.136 e. The molecule has 0 fully saturated rings. The van der Waals surface area contributed by atoms with Crippen LogP contribution in [-0.4, -0.2) is 0 Å². The molecule has 4 heterocycles. The van der Waals surface area contributed by atoms with Crippen molar-refractivity contribution in [3.63, 3.8) is 0 Å². The van der Waals surface area contributed by atoms with E-state index in [1.807, 2.05) is 45.8 Å². The van der Waals surface area contributed by atoms with Crippen molar-refractivity contribution < 1.29 is 0 Å². The van der Waals surface area contributed by atoms with Crippen LogP contribution in [0.2, 0.25) is 0 Å². The second kappa shape index (κ2) is 10.7. The molecule has 0 bridgehead atoms. The van der Waals surface area contributed by atoms with E-state index in [4.69, 9.17) is 0 Å². The molecule has 238 valence electrons. The highest BCUT2D eigenvalue weighted by Crippen LogP contribution is 2.54. The highest BCUT2D eigenvalue weighted by molar-refractivity contribution is 8.07. The second-order valence-electron chi connectivity index (χ2n) is 14.1. The van der Waals surface area contributed by atoms with Crippen LogP contribution in [0.25, 0.3) is 78.4 Å². The maximum Gasteiger partial charge on any atom is 0.0361 e. The lowest BCUT2D eigenvalue weighted by atomic mass is 9.83. The fourth-order valence-electron chi connectivity index (χ4n) is 9.06. The molecule has 0 spiro atoms. The molecule has 0 radical (unpaired) electrons. The summed E-state index contributed by atoms with van der Waals surface area (Å²) in [6.07, 6.45) is 17.7.